The lowest BCUT2D eigenvalue weighted by atomic mass is 9.58. The number of fused-ring (bicyclic) bond motifs is 1. The summed E-state index contributed by atoms with van der Waals surface area (Å²) in [7, 11) is 0. The lowest BCUT2D eigenvalue weighted by molar-refractivity contribution is 0.0152. The highest BCUT2D eigenvalue weighted by Crippen LogP contribution is 2.80. The van der Waals surface area contributed by atoms with Crippen LogP contribution in [0.25, 0.3) is 0 Å². The van der Waals surface area contributed by atoms with Crippen molar-refractivity contribution in [3.63, 3.8) is 0 Å². The lowest BCUT2D eigenvalue weighted by Crippen LogP contribution is -2.40. The van der Waals surface area contributed by atoms with Crippen LogP contribution in [0.3, 0.4) is 0 Å². The molecule has 0 aromatic heterocycles. The molecule has 3 aliphatic carbocycles. The minimum absolute atomic E-state index is 0.870. The van der Waals surface area contributed by atoms with Gasteiger partial charge in [-0.2, -0.15) is 0 Å². The normalized spacial score (nSPS) is 46.4. The number of rotatable bonds is 7. The van der Waals surface area contributed by atoms with Gasteiger partial charge in [-0.3, -0.25) is 0 Å². The molecule has 0 spiro atoms. The smallest absolute Gasteiger partial charge is 0.0235 e. The fourth-order valence-corrected chi connectivity index (χ4v) is 5.22. The van der Waals surface area contributed by atoms with Crippen molar-refractivity contribution in [1.29, 1.82) is 0 Å². The van der Waals surface area contributed by atoms with Crippen molar-refractivity contribution < 1.29 is 0 Å². The van der Waals surface area contributed by atoms with Gasteiger partial charge in [-0.25, -0.2) is 0 Å². The van der Waals surface area contributed by atoms with Crippen LogP contribution < -0.4 is 0 Å². The van der Waals surface area contributed by atoms with E-state index >= 15 is 0 Å². The minimum Gasteiger partial charge on any atom is -0.0651 e. The summed E-state index contributed by atoms with van der Waals surface area (Å²) in [5, 5.41) is 0. The first-order chi connectivity index (χ1) is 8.99. The van der Waals surface area contributed by atoms with E-state index in [0.29, 0.717) is 0 Å². The maximum atomic E-state index is 2.54. The van der Waals surface area contributed by atoms with E-state index in [0.717, 1.165) is 40.9 Å². The molecule has 0 aromatic rings. The molecular weight excluding hydrogens is 228 g/mol. The third-order valence-electron chi connectivity index (χ3n) is 7.66. The molecular formula is C19H34. The molecule has 3 saturated carbocycles. The molecule has 0 bridgehead atoms. The molecule has 3 aliphatic rings. The first kappa shape index (κ1) is 14.0. The van der Waals surface area contributed by atoms with Gasteiger partial charge in [0.15, 0.2) is 0 Å². The van der Waals surface area contributed by atoms with Gasteiger partial charge in [-0.15, -0.1) is 0 Å². The van der Waals surface area contributed by atoms with E-state index in [4.69, 9.17) is 0 Å². The molecule has 3 rings (SSSR count). The van der Waals surface area contributed by atoms with Crippen molar-refractivity contribution >= 4 is 0 Å². The maximum absolute atomic E-state index is 2.54. The van der Waals surface area contributed by atoms with Gasteiger partial charge in [0, 0.05) is 0 Å². The Morgan fingerprint density at radius 3 is 2.21 bits per heavy atom. The van der Waals surface area contributed by atoms with Crippen LogP contribution in [0.15, 0.2) is 0 Å². The molecule has 0 aliphatic heterocycles. The molecule has 5 atom stereocenters. The van der Waals surface area contributed by atoms with Gasteiger partial charge in [-0.1, -0.05) is 41.0 Å². The van der Waals surface area contributed by atoms with E-state index in [-0.39, 0.29) is 0 Å². The van der Waals surface area contributed by atoms with E-state index in [2.05, 4.69) is 34.6 Å². The van der Waals surface area contributed by atoms with Gasteiger partial charge < -0.3 is 0 Å². The monoisotopic (exact) mass is 262 g/mol. The molecule has 0 N–H and O–H groups in total. The van der Waals surface area contributed by atoms with Crippen LogP contribution in [-0.4, -0.2) is 0 Å². The quantitative estimate of drug-likeness (QED) is 0.546. The van der Waals surface area contributed by atoms with Crippen LogP contribution in [0.5, 0.6) is 0 Å². The van der Waals surface area contributed by atoms with Gasteiger partial charge in [0.2, 0.25) is 0 Å². The summed E-state index contributed by atoms with van der Waals surface area (Å²) in [6.45, 7) is 12.2. The maximum Gasteiger partial charge on any atom is -0.0235 e. The van der Waals surface area contributed by atoms with Crippen molar-refractivity contribution in [3.05, 3.63) is 0 Å². The molecule has 0 amide bonds. The van der Waals surface area contributed by atoms with E-state index in [1.807, 2.05) is 0 Å². The first-order valence-electron chi connectivity index (χ1n) is 8.99. The largest absolute Gasteiger partial charge is 0.0651 e. The average molecular weight is 262 g/mol. The van der Waals surface area contributed by atoms with E-state index in [1.54, 1.807) is 19.3 Å². The van der Waals surface area contributed by atoms with Crippen molar-refractivity contribution in [3.8, 4) is 0 Å². The van der Waals surface area contributed by atoms with Crippen molar-refractivity contribution in [2.45, 2.75) is 73.1 Å². The van der Waals surface area contributed by atoms with Crippen LogP contribution in [0.2, 0.25) is 0 Å². The van der Waals surface area contributed by atoms with Gasteiger partial charge in [0.25, 0.3) is 0 Å². The minimum atomic E-state index is 0.870. The Balaban J connectivity index is 1.42. The Morgan fingerprint density at radius 2 is 1.79 bits per heavy atom. The predicted octanol–water partition coefficient (Wildman–Crippen LogP) is 5.77. The van der Waals surface area contributed by atoms with Crippen molar-refractivity contribution in [1.82, 2.24) is 0 Å². The van der Waals surface area contributed by atoms with E-state index < -0.39 is 0 Å². The zero-order chi connectivity index (χ0) is 13.8. The third kappa shape index (κ3) is 2.28. The number of hydrogen-bond acceptors (Lipinski definition) is 0. The summed E-state index contributed by atoms with van der Waals surface area (Å²) in [6.07, 6.45) is 9.26. The fraction of sp³-hybridized carbons (Fsp3) is 1.00. The first-order valence-corrected chi connectivity index (χ1v) is 8.99. The topological polar surface area (TPSA) is 0 Å². The average Bonchev–Trinajstić information content (AvgIpc) is 3.20. The third-order valence-corrected chi connectivity index (χ3v) is 7.66. The molecule has 110 valence electrons. The van der Waals surface area contributed by atoms with Crippen molar-refractivity contribution in [2.24, 2.45) is 46.8 Å². The highest BCUT2D eigenvalue weighted by Gasteiger charge is 2.71. The molecule has 19 heavy (non-hydrogen) atoms. The Kier molecular flexibility index (Phi) is 3.51. The summed E-state index contributed by atoms with van der Waals surface area (Å²) in [5.74, 6) is 7.17. The van der Waals surface area contributed by atoms with Gasteiger partial charge >= 0.3 is 0 Å². The Morgan fingerprint density at radius 1 is 1.16 bits per heavy atom. The second-order valence-corrected chi connectivity index (χ2v) is 8.64. The van der Waals surface area contributed by atoms with Crippen molar-refractivity contribution in [2.75, 3.05) is 0 Å². The fourth-order valence-electron chi connectivity index (χ4n) is 5.22. The second-order valence-electron chi connectivity index (χ2n) is 8.64. The molecule has 0 heterocycles. The molecule has 0 aromatic carbocycles. The van der Waals surface area contributed by atoms with Crippen LogP contribution >= 0.6 is 0 Å². The van der Waals surface area contributed by atoms with E-state index in [9.17, 15) is 0 Å². The van der Waals surface area contributed by atoms with Crippen LogP contribution in [0.4, 0.5) is 0 Å². The summed E-state index contributed by atoms with van der Waals surface area (Å²) >= 11 is 0. The van der Waals surface area contributed by atoms with Gasteiger partial charge in [-0.05, 0) is 78.9 Å². The SMILES string of the molecule is CCC(CCC1CC(C(C)C(C)C)C1C)C12CC1C2. The summed E-state index contributed by atoms with van der Waals surface area (Å²) < 4.78 is 0. The molecule has 0 heteroatoms. The molecule has 5 unspecified atom stereocenters. The Hall–Kier alpha value is 0. The van der Waals surface area contributed by atoms with E-state index in [1.165, 1.54) is 25.2 Å². The van der Waals surface area contributed by atoms with Gasteiger partial charge in [0.05, 0.1) is 0 Å². The zero-order valence-electron chi connectivity index (χ0n) is 13.8. The van der Waals surface area contributed by atoms with Crippen LogP contribution in [0, 0.1) is 46.8 Å². The Bertz CT molecular complexity index is 323. The molecule has 0 nitrogen and oxygen atoms in total. The zero-order valence-corrected chi connectivity index (χ0v) is 13.8. The predicted molar refractivity (Wildman–Crippen MR) is 82.9 cm³/mol. The van der Waals surface area contributed by atoms with Crippen LogP contribution in [0.1, 0.15) is 73.1 Å². The molecule has 3 fully saturated rings. The standard InChI is InChI=1S/C19H34/c1-6-16(19-10-17(19)11-19)8-7-15-9-18(14(15)5)13(4)12(2)3/h12-18H,6-11H2,1-5H3. The van der Waals surface area contributed by atoms with Gasteiger partial charge in [0.1, 0.15) is 0 Å². The highest BCUT2D eigenvalue weighted by molar-refractivity contribution is 5.20. The summed E-state index contributed by atoms with van der Waals surface area (Å²) in [4.78, 5) is 0. The Labute approximate surface area is 120 Å². The molecule has 0 saturated heterocycles. The number of hydrogen-bond donors (Lipinski definition) is 0. The highest BCUT2D eigenvalue weighted by atomic mass is 14.8. The lowest BCUT2D eigenvalue weighted by Gasteiger charge is -2.48. The molecule has 0 radical (unpaired) electrons. The summed E-state index contributed by atoms with van der Waals surface area (Å²) in [5.41, 5.74) is 0.909. The summed E-state index contributed by atoms with van der Waals surface area (Å²) in [6, 6.07) is 0. The second kappa shape index (κ2) is 4.78. The van der Waals surface area contributed by atoms with Crippen LogP contribution in [-0.2, 0) is 0 Å².